The number of aromatic nitrogens is 1. The summed E-state index contributed by atoms with van der Waals surface area (Å²) in [7, 11) is 0. The van der Waals surface area contributed by atoms with Gasteiger partial charge in [0.15, 0.2) is 5.69 Å². The third-order valence-corrected chi connectivity index (χ3v) is 2.80. The summed E-state index contributed by atoms with van der Waals surface area (Å²) < 4.78 is 0. The maximum atomic E-state index is 11.7. The summed E-state index contributed by atoms with van der Waals surface area (Å²) in [6.07, 6.45) is 5.53. The van der Waals surface area contributed by atoms with E-state index < -0.39 is 5.91 Å². The average Bonchev–Trinajstić information content (AvgIpc) is 2.93. The monoisotopic (exact) mass is 261 g/mol. The Bertz CT molecular complexity index is 506. The van der Waals surface area contributed by atoms with E-state index >= 15 is 0 Å². The summed E-state index contributed by atoms with van der Waals surface area (Å²) >= 11 is 0. The van der Waals surface area contributed by atoms with Gasteiger partial charge in [-0.2, -0.15) is 0 Å². The summed E-state index contributed by atoms with van der Waals surface area (Å²) in [5.74, 6) is -0.656. The largest absolute Gasteiger partial charge is 0.505 e. The first-order valence-electron chi connectivity index (χ1n) is 6.03. The van der Waals surface area contributed by atoms with Crippen LogP contribution in [0.25, 0.3) is 0 Å². The lowest BCUT2D eigenvalue weighted by Gasteiger charge is -2.15. The van der Waals surface area contributed by atoms with Gasteiger partial charge in [0.25, 0.3) is 5.91 Å². The first-order chi connectivity index (χ1) is 9.18. The third kappa shape index (κ3) is 3.31. The second kappa shape index (κ2) is 5.99. The number of hydrogen-bond donors (Lipinski definition) is 2. The van der Waals surface area contributed by atoms with E-state index in [1.165, 1.54) is 18.3 Å². The highest BCUT2D eigenvalue weighted by Gasteiger charge is 2.15. The fraction of sp³-hybridized carbons (Fsp3) is 0.308. The molecule has 0 atom stereocenters. The van der Waals surface area contributed by atoms with E-state index in [4.69, 9.17) is 0 Å². The predicted molar refractivity (Wildman–Crippen MR) is 68.6 cm³/mol. The fourth-order valence-electron chi connectivity index (χ4n) is 1.78. The molecule has 0 aromatic carbocycles. The molecule has 1 aromatic rings. The number of aromatic hydroxyl groups is 1. The second-order valence-electron chi connectivity index (χ2n) is 4.15. The Labute approximate surface area is 110 Å². The number of carbonyl (C=O) groups excluding carboxylic acids is 2. The smallest absolute Gasteiger partial charge is 0.273 e. The molecule has 2 rings (SSSR count). The summed E-state index contributed by atoms with van der Waals surface area (Å²) in [4.78, 5) is 28.9. The number of nitrogens with zero attached hydrogens (tertiary/aromatic N) is 2. The minimum Gasteiger partial charge on any atom is -0.505 e. The van der Waals surface area contributed by atoms with Crippen molar-refractivity contribution in [1.82, 2.24) is 15.2 Å². The van der Waals surface area contributed by atoms with E-state index in [-0.39, 0.29) is 30.3 Å². The maximum Gasteiger partial charge on any atom is 0.273 e. The lowest BCUT2D eigenvalue weighted by atomic mass is 10.3. The van der Waals surface area contributed by atoms with Crippen LogP contribution in [0.3, 0.4) is 0 Å². The highest BCUT2D eigenvalue weighted by Crippen LogP contribution is 2.11. The van der Waals surface area contributed by atoms with Crippen molar-refractivity contribution in [2.75, 3.05) is 19.6 Å². The van der Waals surface area contributed by atoms with Gasteiger partial charge in [0, 0.05) is 32.3 Å². The van der Waals surface area contributed by atoms with Crippen LogP contribution in [-0.2, 0) is 4.79 Å². The Morgan fingerprint density at radius 3 is 2.79 bits per heavy atom. The van der Waals surface area contributed by atoms with Gasteiger partial charge in [-0.15, -0.1) is 0 Å². The summed E-state index contributed by atoms with van der Waals surface area (Å²) in [5, 5.41) is 12.0. The van der Waals surface area contributed by atoms with Crippen LogP contribution in [0.15, 0.2) is 30.5 Å². The minimum absolute atomic E-state index is 0.00413. The first-order valence-corrected chi connectivity index (χ1v) is 6.03. The second-order valence-corrected chi connectivity index (χ2v) is 4.15. The molecular formula is C13H15N3O3. The molecule has 19 heavy (non-hydrogen) atoms. The number of rotatable bonds is 4. The molecule has 0 spiro atoms. The third-order valence-electron chi connectivity index (χ3n) is 2.80. The van der Waals surface area contributed by atoms with Crippen LogP contribution in [0, 0.1) is 0 Å². The number of amides is 2. The fourth-order valence-corrected chi connectivity index (χ4v) is 1.78. The molecule has 2 N–H and O–H groups in total. The molecule has 2 amide bonds. The van der Waals surface area contributed by atoms with Crippen molar-refractivity contribution < 1.29 is 14.7 Å². The Balaban J connectivity index is 1.78. The molecule has 6 heteroatoms. The number of pyridine rings is 1. The van der Waals surface area contributed by atoms with Crippen LogP contribution < -0.4 is 5.32 Å². The minimum atomic E-state index is -0.481. The van der Waals surface area contributed by atoms with Crippen molar-refractivity contribution in [3.8, 4) is 5.75 Å². The van der Waals surface area contributed by atoms with Gasteiger partial charge in [0.05, 0.1) is 0 Å². The van der Waals surface area contributed by atoms with Gasteiger partial charge in [-0.05, 0) is 12.1 Å². The molecule has 0 fully saturated rings. The van der Waals surface area contributed by atoms with Crippen LogP contribution in [0.4, 0.5) is 0 Å². The molecule has 0 bridgehead atoms. The van der Waals surface area contributed by atoms with Crippen LogP contribution in [0.1, 0.15) is 16.9 Å². The summed E-state index contributed by atoms with van der Waals surface area (Å²) in [6.45, 7) is 1.49. The average molecular weight is 261 g/mol. The molecule has 6 nitrogen and oxygen atoms in total. The number of nitrogens with one attached hydrogen (secondary N) is 1. The highest BCUT2D eigenvalue weighted by molar-refractivity contribution is 5.94. The predicted octanol–water partition coefficient (Wildman–Crippen LogP) is 0.305. The van der Waals surface area contributed by atoms with Gasteiger partial charge in [0.1, 0.15) is 5.75 Å². The van der Waals surface area contributed by atoms with Gasteiger partial charge in [0.2, 0.25) is 5.91 Å². The summed E-state index contributed by atoms with van der Waals surface area (Å²) in [6, 6.07) is 2.93. The van der Waals surface area contributed by atoms with Crippen molar-refractivity contribution in [1.29, 1.82) is 0 Å². The van der Waals surface area contributed by atoms with Crippen molar-refractivity contribution in [3.05, 3.63) is 36.2 Å². The van der Waals surface area contributed by atoms with Crippen LogP contribution in [0.5, 0.6) is 5.75 Å². The zero-order valence-electron chi connectivity index (χ0n) is 10.4. The van der Waals surface area contributed by atoms with Crippen molar-refractivity contribution >= 4 is 11.8 Å². The molecule has 1 aliphatic rings. The quantitative estimate of drug-likeness (QED) is 0.764. The van der Waals surface area contributed by atoms with E-state index in [1.807, 2.05) is 12.2 Å². The number of hydrogen-bond acceptors (Lipinski definition) is 4. The van der Waals surface area contributed by atoms with Crippen molar-refractivity contribution in [2.45, 2.75) is 6.42 Å². The van der Waals surface area contributed by atoms with E-state index in [0.717, 1.165) is 0 Å². The van der Waals surface area contributed by atoms with E-state index in [2.05, 4.69) is 10.3 Å². The maximum absolute atomic E-state index is 11.7. The van der Waals surface area contributed by atoms with Crippen molar-refractivity contribution in [2.24, 2.45) is 0 Å². The lowest BCUT2D eigenvalue weighted by molar-refractivity contribution is -0.129. The summed E-state index contributed by atoms with van der Waals surface area (Å²) in [5.41, 5.74) is -0.0298. The molecule has 0 saturated heterocycles. The first kappa shape index (κ1) is 13.1. The molecule has 0 aliphatic carbocycles. The van der Waals surface area contributed by atoms with Crippen LogP contribution in [-0.4, -0.2) is 46.4 Å². The van der Waals surface area contributed by atoms with Gasteiger partial charge in [-0.25, -0.2) is 4.98 Å². The molecule has 1 aliphatic heterocycles. The topological polar surface area (TPSA) is 82.5 Å². The van der Waals surface area contributed by atoms with Crippen molar-refractivity contribution in [3.63, 3.8) is 0 Å². The molecule has 100 valence electrons. The molecule has 0 unspecified atom stereocenters. The van der Waals surface area contributed by atoms with Crippen LogP contribution in [0.2, 0.25) is 0 Å². The molecule has 1 aromatic heterocycles. The lowest BCUT2D eigenvalue weighted by Crippen LogP contribution is -2.33. The normalized spacial score (nSPS) is 13.6. The Morgan fingerprint density at radius 1 is 1.37 bits per heavy atom. The van der Waals surface area contributed by atoms with Gasteiger partial charge in [-0.3, -0.25) is 9.59 Å². The zero-order chi connectivity index (χ0) is 13.7. The number of carbonyl (C=O) groups is 2. The van der Waals surface area contributed by atoms with Gasteiger partial charge in [-0.1, -0.05) is 12.2 Å². The standard InChI is InChI=1S/C13H15N3O3/c17-10-4-3-6-14-12(10)13(19)15-7-5-11(18)16-8-1-2-9-16/h1-4,6,17H,5,7-9H2,(H,15,19). The molecule has 2 heterocycles. The van der Waals surface area contributed by atoms with Crippen LogP contribution >= 0.6 is 0 Å². The molecule has 0 saturated carbocycles. The Kier molecular flexibility index (Phi) is 4.12. The molecular weight excluding hydrogens is 246 g/mol. The molecule has 0 radical (unpaired) electrons. The van der Waals surface area contributed by atoms with E-state index in [1.54, 1.807) is 4.90 Å². The zero-order valence-corrected chi connectivity index (χ0v) is 10.4. The Morgan fingerprint density at radius 2 is 2.11 bits per heavy atom. The van der Waals surface area contributed by atoms with E-state index in [9.17, 15) is 14.7 Å². The Hall–Kier alpha value is -2.37. The van der Waals surface area contributed by atoms with E-state index in [0.29, 0.717) is 13.1 Å². The SMILES string of the molecule is O=C(NCCC(=O)N1CC=CC1)c1ncccc1O. The highest BCUT2D eigenvalue weighted by atomic mass is 16.3. The van der Waals surface area contributed by atoms with Gasteiger partial charge < -0.3 is 15.3 Å². The van der Waals surface area contributed by atoms with Gasteiger partial charge >= 0.3 is 0 Å².